The van der Waals surface area contributed by atoms with Crippen molar-refractivity contribution < 1.29 is 19.3 Å². The molecule has 5 nitrogen and oxygen atoms in total. The van der Waals surface area contributed by atoms with Crippen LogP contribution in [-0.2, 0) is 6.54 Å². The third-order valence-electron chi connectivity index (χ3n) is 4.45. The van der Waals surface area contributed by atoms with Gasteiger partial charge in [-0.1, -0.05) is 30.3 Å². The lowest BCUT2D eigenvalue weighted by Crippen LogP contribution is -2.34. The first-order chi connectivity index (χ1) is 12.0. The van der Waals surface area contributed by atoms with Crippen molar-refractivity contribution in [3.8, 4) is 17.2 Å². The summed E-state index contributed by atoms with van der Waals surface area (Å²) in [5, 5.41) is 10.6. The van der Waals surface area contributed by atoms with Crippen LogP contribution in [0.1, 0.15) is 24.2 Å². The van der Waals surface area contributed by atoms with E-state index in [0.717, 1.165) is 11.1 Å². The van der Waals surface area contributed by atoms with Crippen molar-refractivity contribution in [2.24, 2.45) is 0 Å². The standard InChI is InChI=1S/C20H27NO4/c1-14(19(22)16-9-7-6-8-10-16)21(2)13-15-11-17(23-3)20(25-5)18(12-15)24-4/h6-12,14,19,22H,13H2,1-5H3/t14-,19+/m0/s1. The number of ether oxygens (including phenoxy) is 3. The van der Waals surface area contributed by atoms with Gasteiger partial charge >= 0.3 is 0 Å². The first-order valence-corrected chi connectivity index (χ1v) is 8.24. The second kappa shape index (κ2) is 8.74. The molecular weight excluding hydrogens is 318 g/mol. The zero-order valence-electron chi connectivity index (χ0n) is 15.5. The van der Waals surface area contributed by atoms with Crippen LogP contribution in [0, 0.1) is 0 Å². The molecule has 0 aliphatic heterocycles. The molecule has 0 saturated heterocycles. The fraction of sp³-hybridized carbons (Fsp3) is 0.400. The van der Waals surface area contributed by atoms with Crippen molar-refractivity contribution in [1.82, 2.24) is 4.90 Å². The smallest absolute Gasteiger partial charge is 0.203 e. The Morgan fingerprint density at radius 3 is 2.00 bits per heavy atom. The molecule has 25 heavy (non-hydrogen) atoms. The Hall–Kier alpha value is -2.24. The highest BCUT2D eigenvalue weighted by atomic mass is 16.5. The molecule has 0 unspecified atom stereocenters. The largest absolute Gasteiger partial charge is 0.493 e. The molecule has 2 rings (SSSR count). The van der Waals surface area contributed by atoms with E-state index >= 15 is 0 Å². The SMILES string of the molecule is COc1cc(CN(C)[C@@H](C)[C@@H](O)c2ccccc2)cc(OC)c1OC. The Bertz CT molecular complexity index is 650. The molecule has 5 heteroatoms. The van der Waals surface area contributed by atoms with Crippen LogP contribution in [0.2, 0.25) is 0 Å². The van der Waals surface area contributed by atoms with E-state index in [0.29, 0.717) is 23.8 Å². The first kappa shape index (κ1) is 19.1. The Morgan fingerprint density at radius 2 is 1.52 bits per heavy atom. The summed E-state index contributed by atoms with van der Waals surface area (Å²) in [7, 11) is 6.78. The molecule has 1 N–H and O–H groups in total. The minimum absolute atomic E-state index is 0.0542. The van der Waals surface area contributed by atoms with Gasteiger partial charge in [0.2, 0.25) is 5.75 Å². The van der Waals surface area contributed by atoms with E-state index in [-0.39, 0.29) is 6.04 Å². The highest BCUT2D eigenvalue weighted by Crippen LogP contribution is 2.38. The molecule has 136 valence electrons. The van der Waals surface area contributed by atoms with E-state index in [1.165, 1.54) is 0 Å². The molecule has 0 aliphatic rings. The van der Waals surface area contributed by atoms with Crippen molar-refractivity contribution in [1.29, 1.82) is 0 Å². The van der Waals surface area contributed by atoms with Crippen LogP contribution in [0.5, 0.6) is 17.2 Å². The highest BCUT2D eigenvalue weighted by Gasteiger charge is 2.21. The molecule has 0 radical (unpaired) electrons. The van der Waals surface area contributed by atoms with Gasteiger partial charge in [0.05, 0.1) is 27.4 Å². The van der Waals surface area contributed by atoms with E-state index in [4.69, 9.17) is 14.2 Å². The topological polar surface area (TPSA) is 51.2 Å². The Kier molecular flexibility index (Phi) is 6.67. The number of likely N-dealkylation sites (N-methyl/N-ethyl adjacent to an activating group) is 1. The summed E-state index contributed by atoms with van der Waals surface area (Å²) in [5.74, 6) is 1.83. The third-order valence-corrected chi connectivity index (χ3v) is 4.45. The summed E-state index contributed by atoms with van der Waals surface area (Å²) >= 11 is 0. The monoisotopic (exact) mass is 345 g/mol. The van der Waals surface area contributed by atoms with Crippen molar-refractivity contribution >= 4 is 0 Å². The number of hydrogen-bond donors (Lipinski definition) is 1. The number of benzene rings is 2. The minimum Gasteiger partial charge on any atom is -0.493 e. The number of methoxy groups -OCH3 is 3. The molecule has 0 spiro atoms. The second-order valence-corrected chi connectivity index (χ2v) is 6.04. The summed E-state index contributed by atoms with van der Waals surface area (Å²) in [6.07, 6.45) is -0.562. The molecule has 0 fully saturated rings. The average molecular weight is 345 g/mol. The highest BCUT2D eigenvalue weighted by molar-refractivity contribution is 5.53. The maximum atomic E-state index is 10.6. The van der Waals surface area contributed by atoms with Crippen LogP contribution in [0.25, 0.3) is 0 Å². The van der Waals surface area contributed by atoms with Crippen LogP contribution in [-0.4, -0.2) is 44.4 Å². The minimum atomic E-state index is -0.562. The van der Waals surface area contributed by atoms with Gasteiger partial charge in [-0.05, 0) is 37.2 Å². The molecular formula is C20H27NO4. The van der Waals surface area contributed by atoms with Crippen molar-refractivity contribution in [2.75, 3.05) is 28.4 Å². The van der Waals surface area contributed by atoms with E-state index in [1.807, 2.05) is 56.4 Å². The Labute approximate surface area is 149 Å². The van der Waals surface area contributed by atoms with E-state index in [9.17, 15) is 5.11 Å². The lowest BCUT2D eigenvalue weighted by atomic mass is 10.0. The van der Waals surface area contributed by atoms with E-state index in [2.05, 4.69) is 4.90 Å². The number of aliphatic hydroxyl groups is 1. The second-order valence-electron chi connectivity index (χ2n) is 6.04. The van der Waals surface area contributed by atoms with Crippen LogP contribution in [0.3, 0.4) is 0 Å². The quantitative estimate of drug-likeness (QED) is 0.796. The van der Waals surface area contributed by atoms with Crippen LogP contribution < -0.4 is 14.2 Å². The molecule has 2 aromatic carbocycles. The zero-order valence-corrected chi connectivity index (χ0v) is 15.5. The lowest BCUT2D eigenvalue weighted by Gasteiger charge is -2.29. The summed E-state index contributed by atoms with van der Waals surface area (Å²) in [4.78, 5) is 2.10. The molecule has 0 heterocycles. The van der Waals surface area contributed by atoms with Gasteiger partial charge in [0.1, 0.15) is 0 Å². The zero-order chi connectivity index (χ0) is 18.4. The molecule has 0 aliphatic carbocycles. The Morgan fingerprint density at radius 1 is 0.960 bits per heavy atom. The summed E-state index contributed by atoms with van der Waals surface area (Å²) < 4.78 is 16.2. The van der Waals surface area contributed by atoms with Gasteiger partial charge in [0.25, 0.3) is 0 Å². The van der Waals surface area contributed by atoms with Gasteiger partial charge in [-0.3, -0.25) is 4.90 Å². The molecule has 2 atom stereocenters. The third kappa shape index (κ3) is 4.44. The molecule has 0 bridgehead atoms. The van der Waals surface area contributed by atoms with Crippen molar-refractivity contribution in [3.05, 3.63) is 53.6 Å². The van der Waals surface area contributed by atoms with E-state index < -0.39 is 6.10 Å². The van der Waals surface area contributed by atoms with Gasteiger partial charge in [-0.2, -0.15) is 0 Å². The van der Waals surface area contributed by atoms with Crippen molar-refractivity contribution in [3.63, 3.8) is 0 Å². The molecule has 2 aromatic rings. The van der Waals surface area contributed by atoms with Gasteiger partial charge in [-0.15, -0.1) is 0 Å². The predicted molar refractivity (Wildman–Crippen MR) is 98.4 cm³/mol. The number of hydrogen-bond acceptors (Lipinski definition) is 5. The van der Waals surface area contributed by atoms with Gasteiger partial charge in [0.15, 0.2) is 11.5 Å². The number of rotatable bonds is 8. The van der Waals surface area contributed by atoms with Crippen molar-refractivity contribution in [2.45, 2.75) is 25.6 Å². The first-order valence-electron chi connectivity index (χ1n) is 8.24. The maximum absolute atomic E-state index is 10.6. The molecule has 0 amide bonds. The van der Waals surface area contributed by atoms with Crippen LogP contribution in [0.4, 0.5) is 0 Å². The van der Waals surface area contributed by atoms with Gasteiger partial charge in [-0.25, -0.2) is 0 Å². The number of nitrogens with zero attached hydrogens (tertiary/aromatic N) is 1. The van der Waals surface area contributed by atoms with Gasteiger partial charge in [0, 0.05) is 12.6 Å². The molecule has 0 saturated carbocycles. The fourth-order valence-corrected chi connectivity index (χ4v) is 2.83. The average Bonchev–Trinajstić information content (AvgIpc) is 2.66. The predicted octanol–water partition coefficient (Wildman–Crippen LogP) is 3.27. The molecule has 0 aromatic heterocycles. The Balaban J connectivity index is 2.18. The lowest BCUT2D eigenvalue weighted by molar-refractivity contribution is 0.0687. The maximum Gasteiger partial charge on any atom is 0.203 e. The fourth-order valence-electron chi connectivity index (χ4n) is 2.83. The van der Waals surface area contributed by atoms with Crippen LogP contribution >= 0.6 is 0 Å². The van der Waals surface area contributed by atoms with E-state index in [1.54, 1.807) is 21.3 Å². The summed E-state index contributed by atoms with van der Waals surface area (Å²) in [5.41, 5.74) is 1.93. The van der Waals surface area contributed by atoms with Gasteiger partial charge < -0.3 is 19.3 Å². The summed E-state index contributed by atoms with van der Waals surface area (Å²) in [6.45, 7) is 2.65. The number of aliphatic hydroxyl groups excluding tert-OH is 1. The summed E-state index contributed by atoms with van der Waals surface area (Å²) in [6, 6.07) is 13.5. The van der Waals surface area contributed by atoms with Crippen LogP contribution in [0.15, 0.2) is 42.5 Å². The normalized spacial score (nSPS) is 13.4.